The van der Waals surface area contributed by atoms with Crippen LogP contribution in [0.1, 0.15) is 41.9 Å². The van der Waals surface area contributed by atoms with Crippen LogP contribution in [-0.4, -0.2) is 33.1 Å². The standard InChI is InChI=1S/C23H26N4O2/c1-3-29-19-12-10-18(11-13-19)21-15-20(17-8-6-16(2)7-9-17)24-23-25-22(5-4-14-28)26-27(21)23/h6-13,15,21,28H,3-5,14H2,1-2H3,(H,24,25,26). The molecule has 0 amide bonds. The maximum absolute atomic E-state index is 9.14. The third kappa shape index (κ3) is 4.17. The Bertz CT molecular complexity index is 991. The van der Waals surface area contributed by atoms with Gasteiger partial charge in [-0.3, -0.25) is 0 Å². The van der Waals surface area contributed by atoms with Gasteiger partial charge in [0.2, 0.25) is 5.95 Å². The van der Waals surface area contributed by atoms with Gasteiger partial charge in [-0.25, -0.2) is 4.68 Å². The van der Waals surface area contributed by atoms with E-state index in [1.807, 2.05) is 23.7 Å². The summed E-state index contributed by atoms with van der Waals surface area (Å²) in [7, 11) is 0. The zero-order valence-electron chi connectivity index (χ0n) is 16.8. The normalized spacial score (nSPS) is 15.4. The summed E-state index contributed by atoms with van der Waals surface area (Å²) >= 11 is 0. The molecule has 6 heteroatoms. The average Bonchev–Trinajstić information content (AvgIpc) is 3.16. The monoisotopic (exact) mass is 390 g/mol. The highest BCUT2D eigenvalue weighted by molar-refractivity contribution is 5.77. The van der Waals surface area contributed by atoms with Gasteiger partial charge < -0.3 is 15.2 Å². The van der Waals surface area contributed by atoms with Gasteiger partial charge in [0, 0.05) is 18.7 Å². The molecule has 0 fully saturated rings. The summed E-state index contributed by atoms with van der Waals surface area (Å²) in [5.41, 5.74) is 4.46. The Morgan fingerprint density at radius 1 is 1.10 bits per heavy atom. The highest BCUT2D eigenvalue weighted by Crippen LogP contribution is 2.33. The highest BCUT2D eigenvalue weighted by Gasteiger charge is 2.25. The van der Waals surface area contributed by atoms with Crippen molar-refractivity contribution < 1.29 is 9.84 Å². The van der Waals surface area contributed by atoms with Crippen LogP contribution in [0, 0.1) is 6.92 Å². The number of hydrogen-bond acceptors (Lipinski definition) is 5. The van der Waals surface area contributed by atoms with Gasteiger partial charge in [0.05, 0.1) is 6.61 Å². The minimum absolute atomic E-state index is 0.0754. The van der Waals surface area contributed by atoms with E-state index in [0.29, 0.717) is 19.4 Å². The van der Waals surface area contributed by atoms with Crippen LogP contribution in [0.4, 0.5) is 5.95 Å². The Morgan fingerprint density at radius 3 is 2.55 bits per heavy atom. The number of fused-ring (bicyclic) bond motifs is 1. The lowest BCUT2D eigenvalue weighted by Gasteiger charge is -2.24. The Labute approximate surface area is 170 Å². The number of aromatic nitrogens is 3. The van der Waals surface area contributed by atoms with E-state index in [2.05, 4.69) is 59.7 Å². The summed E-state index contributed by atoms with van der Waals surface area (Å²) in [6.45, 7) is 4.84. The lowest BCUT2D eigenvalue weighted by atomic mass is 10.0. The molecule has 0 radical (unpaired) electrons. The van der Waals surface area contributed by atoms with Gasteiger partial charge in [0.25, 0.3) is 0 Å². The topological polar surface area (TPSA) is 72.2 Å². The van der Waals surface area contributed by atoms with Gasteiger partial charge in [0.1, 0.15) is 11.8 Å². The second-order valence-corrected chi connectivity index (χ2v) is 7.14. The van der Waals surface area contributed by atoms with Crippen molar-refractivity contribution >= 4 is 11.6 Å². The van der Waals surface area contributed by atoms with Crippen LogP contribution in [-0.2, 0) is 6.42 Å². The lowest BCUT2D eigenvalue weighted by molar-refractivity contribution is 0.287. The highest BCUT2D eigenvalue weighted by atomic mass is 16.5. The van der Waals surface area contributed by atoms with Crippen molar-refractivity contribution in [1.29, 1.82) is 0 Å². The van der Waals surface area contributed by atoms with Crippen molar-refractivity contribution in [3.8, 4) is 5.75 Å². The molecule has 1 aromatic heterocycles. The Kier molecular flexibility index (Phi) is 5.62. The van der Waals surface area contributed by atoms with Crippen LogP contribution in [0.15, 0.2) is 54.6 Å². The SMILES string of the molecule is CCOc1ccc(C2C=C(c3ccc(C)cc3)Nc3nc(CCCO)nn32)cc1. The number of hydrogen-bond donors (Lipinski definition) is 2. The van der Waals surface area contributed by atoms with Crippen molar-refractivity contribution in [1.82, 2.24) is 14.8 Å². The number of aliphatic hydroxyl groups is 1. The number of nitrogens with one attached hydrogen (secondary N) is 1. The number of aliphatic hydroxyl groups excluding tert-OH is 1. The summed E-state index contributed by atoms with van der Waals surface area (Å²) in [6, 6.07) is 16.5. The minimum atomic E-state index is -0.0754. The van der Waals surface area contributed by atoms with Gasteiger partial charge in [-0.1, -0.05) is 42.0 Å². The van der Waals surface area contributed by atoms with Gasteiger partial charge in [0.15, 0.2) is 5.82 Å². The summed E-state index contributed by atoms with van der Waals surface area (Å²) in [5.74, 6) is 2.31. The Morgan fingerprint density at radius 2 is 1.86 bits per heavy atom. The number of nitrogens with zero attached hydrogens (tertiary/aromatic N) is 3. The molecule has 0 bridgehead atoms. The van der Waals surface area contributed by atoms with E-state index < -0.39 is 0 Å². The molecule has 1 unspecified atom stereocenters. The molecule has 0 spiro atoms. The van der Waals surface area contributed by atoms with Crippen LogP contribution < -0.4 is 10.1 Å². The van der Waals surface area contributed by atoms with Crippen LogP contribution in [0.25, 0.3) is 5.70 Å². The second-order valence-electron chi connectivity index (χ2n) is 7.14. The number of ether oxygens (including phenoxy) is 1. The summed E-state index contributed by atoms with van der Waals surface area (Å²) in [4.78, 5) is 4.67. The average molecular weight is 390 g/mol. The van der Waals surface area contributed by atoms with Crippen LogP contribution in [0.2, 0.25) is 0 Å². The Balaban J connectivity index is 1.72. The quantitative estimate of drug-likeness (QED) is 0.639. The molecule has 2 N–H and O–H groups in total. The fourth-order valence-corrected chi connectivity index (χ4v) is 3.45. The first-order valence-corrected chi connectivity index (χ1v) is 10.0. The first kappa shape index (κ1) is 19.2. The number of aryl methyl sites for hydroxylation is 2. The first-order valence-electron chi connectivity index (χ1n) is 10.0. The van der Waals surface area contributed by atoms with Crippen LogP contribution >= 0.6 is 0 Å². The zero-order chi connectivity index (χ0) is 20.2. The fourth-order valence-electron chi connectivity index (χ4n) is 3.45. The van der Waals surface area contributed by atoms with Crippen molar-refractivity contribution in [3.63, 3.8) is 0 Å². The summed E-state index contributed by atoms with van der Waals surface area (Å²) in [6.07, 6.45) is 3.47. The maximum Gasteiger partial charge on any atom is 0.226 e. The number of allylic oxidation sites excluding steroid dienone is 1. The molecular weight excluding hydrogens is 364 g/mol. The van der Waals surface area contributed by atoms with Gasteiger partial charge in [-0.2, -0.15) is 10.1 Å². The molecule has 29 heavy (non-hydrogen) atoms. The molecule has 2 heterocycles. The lowest BCUT2D eigenvalue weighted by Crippen LogP contribution is -2.20. The van der Waals surface area contributed by atoms with Crippen molar-refractivity contribution in [3.05, 3.63) is 77.1 Å². The van der Waals surface area contributed by atoms with E-state index in [1.165, 1.54) is 5.56 Å². The van der Waals surface area contributed by atoms with E-state index in [0.717, 1.165) is 34.3 Å². The molecule has 150 valence electrons. The molecule has 3 aromatic rings. The minimum Gasteiger partial charge on any atom is -0.494 e. The predicted octanol–water partition coefficient (Wildman–Crippen LogP) is 3.97. The van der Waals surface area contributed by atoms with Gasteiger partial charge in [-0.15, -0.1) is 0 Å². The number of anilines is 1. The first-order chi connectivity index (χ1) is 14.2. The molecule has 6 nitrogen and oxygen atoms in total. The van der Waals surface area contributed by atoms with E-state index in [1.54, 1.807) is 0 Å². The molecule has 1 aliphatic heterocycles. The number of benzene rings is 2. The molecule has 0 aliphatic carbocycles. The molecular formula is C23H26N4O2. The molecule has 0 saturated carbocycles. The molecule has 4 rings (SSSR count). The van der Waals surface area contributed by atoms with Crippen molar-refractivity contribution in [2.24, 2.45) is 0 Å². The van der Waals surface area contributed by atoms with Gasteiger partial charge in [-0.05, 0) is 49.6 Å². The molecule has 1 aliphatic rings. The predicted molar refractivity (Wildman–Crippen MR) is 114 cm³/mol. The van der Waals surface area contributed by atoms with E-state index in [9.17, 15) is 0 Å². The van der Waals surface area contributed by atoms with Gasteiger partial charge >= 0.3 is 0 Å². The molecule has 1 atom stereocenters. The summed E-state index contributed by atoms with van der Waals surface area (Å²) in [5, 5.41) is 17.3. The molecule has 0 saturated heterocycles. The maximum atomic E-state index is 9.14. The van der Waals surface area contributed by atoms with Crippen LogP contribution in [0.5, 0.6) is 5.75 Å². The third-order valence-electron chi connectivity index (χ3n) is 4.96. The Hall–Kier alpha value is -3.12. The largest absolute Gasteiger partial charge is 0.494 e. The zero-order valence-corrected chi connectivity index (χ0v) is 16.8. The fraction of sp³-hybridized carbons (Fsp3) is 0.304. The molecule has 2 aromatic carbocycles. The summed E-state index contributed by atoms with van der Waals surface area (Å²) < 4.78 is 7.50. The van der Waals surface area contributed by atoms with E-state index >= 15 is 0 Å². The smallest absolute Gasteiger partial charge is 0.226 e. The number of rotatable bonds is 7. The van der Waals surface area contributed by atoms with E-state index in [-0.39, 0.29) is 12.6 Å². The van der Waals surface area contributed by atoms with Crippen molar-refractivity contribution in [2.45, 2.75) is 32.7 Å². The van der Waals surface area contributed by atoms with E-state index in [4.69, 9.17) is 14.9 Å². The van der Waals surface area contributed by atoms with Crippen molar-refractivity contribution in [2.75, 3.05) is 18.5 Å². The van der Waals surface area contributed by atoms with Crippen LogP contribution in [0.3, 0.4) is 0 Å². The second kappa shape index (κ2) is 8.49. The third-order valence-corrected chi connectivity index (χ3v) is 4.96.